The lowest BCUT2D eigenvalue weighted by Crippen LogP contribution is -2.25. The molecule has 0 aliphatic rings. The number of anilines is 2. The minimum Gasteiger partial charge on any atom is -0.382 e. The number of amides is 1. The van der Waals surface area contributed by atoms with Crippen molar-refractivity contribution in [1.29, 1.82) is 0 Å². The van der Waals surface area contributed by atoms with E-state index in [0.29, 0.717) is 29.1 Å². The van der Waals surface area contributed by atoms with Crippen LogP contribution in [0.3, 0.4) is 0 Å². The number of rotatable bonds is 5. The van der Waals surface area contributed by atoms with Crippen LogP contribution < -0.4 is 21.6 Å². The first-order valence-corrected chi connectivity index (χ1v) is 8.35. The van der Waals surface area contributed by atoms with Crippen LogP contribution in [0.2, 0.25) is 0 Å². The lowest BCUT2D eigenvalue weighted by atomic mass is 10.1. The number of H-pyrrole nitrogens is 1. The summed E-state index contributed by atoms with van der Waals surface area (Å²) in [5.74, 6) is 0.0320. The van der Waals surface area contributed by atoms with Gasteiger partial charge in [-0.3, -0.25) is 4.79 Å². The van der Waals surface area contributed by atoms with Gasteiger partial charge in [-0.1, -0.05) is 12.1 Å². The molecule has 0 saturated carbocycles. The Morgan fingerprint density at radius 1 is 1.41 bits per heavy atom. The Balaban J connectivity index is 2.07. The monoisotopic (exact) mass is 367 g/mol. The Hall–Kier alpha value is -3.46. The molecule has 0 saturated heterocycles. The molecule has 0 atom stereocenters. The summed E-state index contributed by atoms with van der Waals surface area (Å²) in [5.41, 5.74) is 8.34. The molecule has 3 rings (SSSR count). The summed E-state index contributed by atoms with van der Waals surface area (Å²) in [7, 11) is 3.48. The van der Waals surface area contributed by atoms with Gasteiger partial charge >= 0.3 is 5.69 Å². The molecule has 140 valence electrons. The van der Waals surface area contributed by atoms with Crippen molar-refractivity contribution in [2.75, 3.05) is 31.3 Å². The van der Waals surface area contributed by atoms with Gasteiger partial charge in [0.1, 0.15) is 11.8 Å². The van der Waals surface area contributed by atoms with Crippen LogP contribution in [0, 0.1) is 6.92 Å². The number of carbonyl (C=O) groups excluding carboxylic acids is 1. The molecule has 9 nitrogen and oxygen atoms in total. The number of nitrogens with two attached hydrogens (primary N) is 1. The van der Waals surface area contributed by atoms with Gasteiger partial charge in [0, 0.05) is 25.4 Å². The minimum absolute atomic E-state index is 0.169. The maximum atomic E-state index is 12.5. The van der Waals surface area contributed by atoms with E-state index in [2.05, 4.69) is 20.3 Å². The third-order valence-electron chi connectivity index (χ3n) is 4.24. The normalized spacial score (nSPS) is 11.4. The maximum Gasteiger partial charge on any atom is 0.332 e. The van der Waals surface area contributed by atoms with E-state index in [0.717, 1.165) is 5.56 Å². The SMILES string of the molecule is CNC/C=C/C(=O)N(C)c1ccc(C)c(-n2c(=O)[nH]c3c(N)ncnc32)c1. The van der Waals surface area contributed by atoms with Crippen molar-refractivity contribution in [2.45, 2.75) is 6.92 Å². The van der Waals surface area contributed by atoms with Gasteiger partial charge in [-0.15, -0.1) is 0 Å². The van der Waals surface area contributed by atoms with Crippen LogP contribution in [0.25, 0.3) is 16.9 Å². The molecule has 1 amide bonds. The van der Waals surface area contributed by atoms with Crippen molar-refractivity contribution < 1.29 is 4.79 Å². The zero-order valence-electron chi connectivity index (χ0n) is 15.4. The molecule has 0 fully saturated rings. The zero-order chi connectivity index (χ0) is 19.6. The number of benzene rings is 1. The quantitative estimate of drug-likeness (QED) is 0.572. The third kappa shape index (κ3) is 3.44. The highest BCUT2D eigenvalue weighted by molar-refractivity contribution is 6.01. The van der Waals surface area contributed by atoms with Crippen molar-refractivity contribution in [3.63, 3.8) is 0 Å². The van der Waals surface area contributed by atoms with Gasteiger partial charge in [-0.2, -0.15) is 0 Å². The first kappa shape index (κ1) is 18.3. The second-order valence-electron chi connectivity index (χ2n) is 6.05. The first-order valence-electron chi connectivity index (χ1n) is 8.35. The predicted octanol–water partition coefficient (Wildman–Crippen LogP) is 0.738. The number of nitrogen functional groups attached to an aromatic ring is 1. The fraction of sp³-hybridized carbons (Fsp3) is 0.222. The number of aromatic amines is 1. The number of hydrogen-bond donors (Lipinski definition) is 3. The standard InChI is InChI=1S/C18H21N7O2/c1-11-6-7-12(24(3)14(26)5-4-8-20-2)9-13(11)25-17-15(23-18(25)27)16(19)21-10-22-17/h4-7,9-10,20H,8H2,1-3H3,(H,23,27)(H2,19,21,22)/b5-4+. The van der Waals surface area contributed by atoms with Gasteiger partial charge in [-0.05, 0) is 31.7 Å². The number of nitrogens with one attached hydrogen (secondary N) is 2. The molecule has 0 aliphatic carbocycles. The molecule has 27 heavy (non-hydrogen) atoms. The topological polar surface area (TPSA) is 122 Å². The predicted molar refractivity (Wildman–Crippen MR) is 105 cm³/mol. The molecule has 0 aliphatic heterocycles. The van der Waals surface area contributed by atoms with E-state index >= 15 is 0 Å². The van der Waals surface area contributed by atoms with Crippen LogP contribution in [-0.2, 0) is 4.79 Å². The van der Waals surface area contributed by atoms with Crippen LogP contribution in [0.15, 0.2) is 41.5 Å². The van der Waals surface area contributed by atoms with Gasteiger partial charge in [-0.25, -0.2) is 19.3 Å². The molecule has 3 aromatic rings. The highest BCUT2D eigenvalue weighted by Crippen LogP contribution is 2.24. The molecular weight excluding hydrogens is 346 g/mol. The Morgan fingerprint density at radius 3 is 2.93 bits per heavy atom. The second-order valence-corrected chi connectivity index (χ2v) is 6.05. The lowest BCUT2D eigenvalue weighted by Gasteiger charge is -2.18. The molecule has 0 bridgehead atoms. The van der Waals surface area contributed by atoms with E-state index in [1.807, 2.05) is 19.1 Å². The zero-order valence-corrected chi connectivity index (χ0v) is 15.4. The summed E-state index contributed by atoms with van der Waals surface area (Å²) < 4.78 is 1.43. The van der Waals surface area contributed by atoms with Crippen LogP contribution in [0.5, 0.6) is 0 Å². The van der Waals surface area contributed by atoms with E-state index in [-0.39, 0.29) is 17.4 Å². The molecule has 2 heterocycles. The van der Waals surface area contributed by atoms with Crippen LogP contribution >= 0.6 is 0 Å². The number of imidazole rings is 1. The fourth-order valence-corrected chi connectivity index (χ4v) is 2.73. The average Bonchev–Trinajstić information content (AvgIpc) is 2.99. The second kappa shape index (κ2) is 7.42. The van der Waals surface area contributed by atoms with Gasteiger partial charge in [0.2, 0.25) is 5.91 Å². The number of nitrogens with zero attached hydrogens (tertiary/aromatic N) is 4. The third-order valence-corrected chi connectivity index (χ3v) is 4.24. The molecule has 1 aromatic carbocycles. The molecule has 0 spiro atoms. The summed E-state index contributed by atoms with van der Waals surface area (Å²) in [4.78, 5) is 37.1. The van der Waals surface area contributed by atoms with Crippen molar-refractivity contribution in [3.8, 4) is 5.69 Å². The van der Waals surface area contributed by atoms with Crippen LogP contribution in [0.4, 0.5) is 11.5 Å². The fourth-order valence-electron chi connectivity index (χ4n) is 2.73. The minimum atomic E-state index is -0.375. The molecule has 9 heteroatoms. The van der Waals surface area contributed by atoms with Crippen LogP contribution in [-0.4, -0.2) is 46.1 Å². The van der Waals surface area contributed by atoms with Crippen molar-refractivity contribution in [1.82, 2.24) is 24.8 Å². The number of fused-ring (bicyclic) bond motifs is 1. The Morgan fingerprint density at radius 2 is 2.19 bits per heavy atom. The number of aromatic nitrogens is 4. The van der Waals surface area contributed by atoms with E-state index in [1.54, 1.807) is 26.2 Å². The molecule has 0 radical (unpaired) electrons. The molecule has 2 aromatic heterocycles. The Kier molecular flexibility index (Phi) is 5.04. The first-order chi connectivity index (χ1) is 12.9. The van der Waals surface area contributed by atoms with E-state index in [4.69, 9.17) is 5.73 Å². The largest absolute Gasteiger partial charge is 0.382 e. The van der Waals surface area contributed by atoms with Crippen molar-refractivity contribution in [2.24, 2.45) is 0 Å². The smallest absolute Gasteiger partial charge is 0.332 e. The van der Waals surface area contributed by atoms with E-state index < -0.39 is 0 Å². The molecule has 4 N–H and O–H groups in total. The van der Waals surface area contributed by atoms with Gasteiger partial charge < -0.3 is 20.9 Å². The molecular formula is C18H21N7O2. The Labute approximate surface area is 155 Å². The van der Waals surface area contributed by atoms with Gasteiger partial charge in [0.05, 0.1) is 5.69 Å². The van der Waals surface area contributed by atoms with Gasteiger partial charge in [0.15, 0.2) is 11.5 Å². The summed E-state index contributed by atoms with van der Waals surface area (Å²) in [5, 5.41) is 2.94. The highest BCUT2D eigenvalue weighted by Gasteiger charge is 2.16. The number of hydrogen-bond acceptors (Lipinski definition) is 6. The number of aryl methyl sites for hydroxylation is 1. The van der Waals surface area contributed by atoms with Crippen LogP contribution in [0.1, 0.15) is 5.56 Å². The number of likely N-dealkylation sites (N-methyl/N-ethyl adjacent to an activating group) is 2. The van der Waals surface area contributed by atoms with Crippen molar-refractivity contribution in [3.05, 3.63) is 52.7 Å². The summed E-state index contributed by atoms with van der Waals surface area (Å²) in [6, 6.07) is 5.44. The highest BCUT2D eigenvalue weighted by atomic mass is 16.2. The van der Waals surface area contributed by atoms with E-state index in [1.165, 1.54) is 21.9 Å². The number of carbonyl (C=O) groups is 1. The Bertz CT molecular complexity index is 1080. The lowest BCUT2D eigenvalue weighted by molar-refractivity contribution is -0.113. The average molecular weight is 367 g/mol. The maximum absolute atomic E-state index is 12.5. The van der Waals surface area contributed by atoms with Crippen molar-refractivity contribution >= 4 is 28.6 Å². The molecule has 0 unspecified atom stereocenters. The van der Waals surface area contributed by atoms with E-state index in [9.17, 15) is 9.59 Å². The van der Waals surface area contributed by atoms with Gasteiger partial charge in [0.25, 0.3) is 0 Å². The summed E-state index contributed by atoms with van der Waals surface area (Å²) >= 11 is 0. The summed E-state index contributed by atoms with van der Waals surface area (Å²) in [6.45, 7) is 2.48. The summed E-state index contributed by atoms with van der Waals surface area (Å²) in [6.07, 6.45) is 4.56.